The van der Waals surface area contributed by atoms with Gasteiger partial charge in [0.2, 0.25) is 5.43 Å². The average molecular weight is 282 g/mol. The van der Waals surface area contributed by atoms with Crippen LogP contribution in [0.1, 0.15) is 18.1 Å². The predicted molar refractivity (Wildman–Crippen MR) is 80.7 cm³/mol. The molecule has 3 rings (SSSR count). The highest BCUT2D eigenvalue weighted by molar-refractivity contribution is 5.92. The SMILES string of the molecule is CCc1c(CC(=O)O)ccc2oc3ccccc3c(=O)c12. The summed E-state index contributed by atoms with van der Waals surface area (Å²) in [5, 5.41) is 10.0. The highest BCUT2D eigenvalue weighted by Gasteiger charge is 2.15. The molecule has 21 heavy (non-hydrogen) atoms. The number of hydrogen-bond donors (Lipinski definition) is 1. The summed E-state index contributed by atoms with van der Waals surface area (Å²) < 4.78 is 5.78. The van der Waals surface area contributed by atoms with E-state index in [4.69, 9.17) is 9.52 Å². The molecule has 0 radical (unpaired) electrons. The fourth-order valence-corrected chi connectivity index (χ4v) is 2.73. The molecule has 0 aliphatic carbocycles. The van der Waals surface area contributed by atoms with Gasteiger partial charge in [0.05, 0.1) is 17.2 Å². The molecule has 2 aromatic carbocycles. The van der Waals surface area contributed by atoms with Gasteiger partial charge in [0, 0.05) is 0 Å². The number of carboxylic acids is 1. The van der Waals surface area contributed by atoms with Crippen molar-refractivity contribution in [2.24, 2.45) is 0 Å². The fourth-order valence-electron chi connectivity index (χ4n) is 2.73. The minimum atomic E-state index is -0.908. The van der Waals surface area contributed by atoms with Gasteiger partial charge in [-0.25, -0.2) is 0 Å². The van der Waals surface area contributed by atoms with Crippen LogP contribution in [0.25, 0.3) is 21.9 Å². The minimum Gasteiger partial charge on any atom is -0.481 e. The number of rotatable bonds is 3. The normalized spacial score (nSPS) is 11.1. The van der Waals surface area contributed by atoms with E-state index in [1.807, 2.05) is 13.0 Å². The lowest BCUT2D eigenvalue weighted by atomic mass is 9.97. The van der Waals surface area contributed by atoms with Crippen molar-refractivity contribution >= 4 is 27.9 Å². The maximum Gasteiger partial charge on any atom is 0.307 e. The van der Waals surface area contributed by atoms with E-state index in [0.29, 0.717) is 33.9 Å². The van der Waals surface area contributed by atoms with Gasteiger partial charge in [-0.05, 0) is 35.7 Å². The summed E-state index contributed by atoms with van der Waals surface area (Å²) in [4.78, 5) is 23.7. The van der Waals surface area contributed by atoms with Crippen LogP contribution in [-0.4, -0.2) is 11.1 Å². The molecule has 0 fully saturated rings. The number of aryl methyl sites for hydroxylation is 1. The molecule has 4 nitrogen and oxygen atoms in total. The van der Waals surface area contributed by atoms with E-state index < -0.39 is 5.97 Å². The van der Waals surface area contributed by atoms with E-state index in [9.17, 15) is 9.59 Å². The molecule has 0 aliphatic heterocycles. The van der Waals surface area contributed by atoms with Crippen LogP contribution in [0.5, 0.6) is 0 Å². The minimum absolute atomic E-state index is 0.0919. The largest absolute Gasteiger partial charge is 0.481 e. The highest BCUT2D eigenvalue weighted by Crippen LogP contribution is 2.24. The maximum atomic E-state index is 12.7. The number of carboxylic acid groups (broad SMARTS) is 1. The average Bonchev–Trinajstić information content (AvgIpc) is 2.47. The summed E-state index contributed by atoms with van der Waals surface area (Å²) in [7, 11) is 0. The Hall–Kier alpha value is -2.62. The zero-order valence-corrected chi connectivity index (χ0v) is 11.6. The van der Waals surface area contributed by atoms with Crippen molar-refractivity contribution in [2.45, 2.75) is 19.8 Å². The first kappa shape index (κ1) is 13.4. The smallest absolute Gasteiger partial charge is 0.307 e. The van der Waals surface area contributed by atoms with Crippen molar-refractivity contribution < 1.29 is 14.3 Å². The first-order valence-electron chi connectivity index (χ1n) is 6.80. The van der Waals surface area contributed by atoms with E-state index in [2.05, 4.69) is 0 Å². The molecule has 1 aromatic heterocycles. The van der Waals surface area contributed by atoms with Crippen molar-refractivity contribution in [2.75, 3.05) is 0 Å². The quantitative estimate of drug-likeness (QED) is 0.749. The van der Waals surface area contributed by atoms with Crippen LogP contribution < -0.4 is 5.43 Å². The Bertz CT molecular complexity index is 906. The Labute approximate surface area is 120 Å². The third-order valence-electron chi connectivity index (χ3n) is 3.65. The third kappa shape index (κ3) is 2.18. The van der Waals surface area contributed by atoms with Crippen LogP contribution in [0.2, 0.25) is 0 Å². The lowest BCUT2D eigenvalue weighted by Crippen LogP contribution is -2.09. The van der Waals surface area contributed by atoms with Gasteiger partial charge < -0.3 is 9.52 Å². The second-order valence-corrected chi connectivity index (χ2v) is 4.93. The van der Waals surface area contributed by atoms with E-state index in [1.54, 1.807) is 30.3 Å². The Morgan fingerprint density at radius 2 is 1.90 bits per heavy atom. The molecule has 4 heteroatoms. The zero-order chi connectivity index (χ0) is 15.0. The summed E-state index contributed by atoms with van der Waals surface area (Å²) in [6.45, 7) is 1.91. The Morgan fingerprint density at radius 1 is 1.14 bits per heavy atom. The predicted octanol–water partition coefficient (Wildman–Crippen LogP) is 3.14. The topological polar surface area (TPSA) is 67.5 Å². The Kier molecular flexibility index (Phi) is 3.22. The van der Waals surface area contributed by atoms with E-state index in [0.717, 1.165) is 5.56 Å². The van der Waals surface area contributed by atoms with Crippen molar-refractivity contribution in [3.8, 4) is 0 Å². The molecular formula is C17H14O4. The molecule has 0 amide bonds. The molecule has 0 atom stereocenters. The van der Waals surface area contributed by atoms with Gasteiger partial charge in [-0.1, -0.05) is 25.1 Å². The number of para-hydroxylation sites is 1. The highest BCUT2D eigenvalue weighted by atomic mass is 16.4. The molecule has 0 saturated heterocycles. The van der Waals surface area contributed by atoms with Gasteiger partial charge in [-0.2, -0.15) is 0 Å². The Balaban J connectivity index is 2.44. The van der Waals surface area contributed by atoms with Gasteiger partial charge in [0.15, 0.2) is 0 Å². The zero-order valence-electron chi connectivity index (χ0n) is 11.6. The van der Waals surface area contributed by atoms with Gasteiger partial charge >= 0.3 is 5.97 Å². The van der Waals surface area contributed by atoms with Gasteiger partial charge in [0.25, 0.3) is 0 Å². The molecule has 0 unspecified atom stereocenters. The van der Waals surface area contributed by atoms with Gasteiger partial charge in [0.1, 0.15) is 11.2 Å². The monoisotopic (exact) mass is 282 g/mol. The molecule has 1 heterocycles. The Morgan fingerprint density at radius 3 is 2.62 bits per heavy atom. The summed E-state index contributed by atoms with van der Waals surface area (Å²) >= 11 is 0. The summed E-state index contributed by atoms with van der Waals surface area (Å²) in [6, 6.07) is 10.5. The van der Waals surface area contributed by atoms with E-state index in [-0.39, 0.29) is 11.8 Å². The molecule has 0 aliphatic rings. The third-order valence-corrected chi connectivity index (χ3v) is 3.65. The number of aliphatic carboxylic acids is 1. The number of fused-ring (bicyclic) bond motifs is 2. The van der Waals surface area contributed by atoms with Crippen LogP contribution in [0.4, 0.5) is 0 Å². The summed E-state index contributed by atoms with van der Waals surface area (Å²) in [6.07, 6.45) is 0.494. The van der Waals surface area contributed by atoms with Crippen LogP contribution in [0, 0.1) is 0 Å². The van der Waals surface area contributed by atoms with Crippen LogP contribution in [0.3, 0.4) is 0 Å². The molecule has 0 bridgehead atoms. The van der Waals surface area contributed by atoms with Crippen molar-refractivity contribution in [3.63, 3.8) is 0 Å². The summed E-state index contributed by atoms with van der Waals surface area (Å²) in [5.74, 6) is -0.908. The van der Waals surface area contributed by atoms with Crippen molar-refractivity contribution in [1.82, 2.24) is 0 Å². The van der Waals surface area contributed by atoms with Crippen LogP contribution in [0.15, 0.2) is 45.6 Å². The molecule has 106 valence electrons. The van der Waals surface area contributed by atoms with Crippen molar-refractivity contribution in [1.29, 1.82) is 0 Å². The van der Waals surface area contributed by atoms with E-state index in [1.165, 1.54) is 0 Å². The molecular weight excluding hydrogens is 268 g/mol. The molecule has 3 aromatic rings. The first-order chi connectivity index (χ1) is 10.1. The number of carbonyl (C=O) groups is 1. The second kappa shape index (κ2) is 5.05. The molecule has 0 spiro atoms. The lowest BCUT2D eigenvalue weighted by Gasteiger charge is -2.10. The van der Waals surface area contributed by atoms with Crippen LogP contribution >= 0.6 is 0 Å². The van der Waals surface area contributed by atoms with Crippen LogP contribution in [-0.2, 0) is 17.6 Å². The summed E-state index contributed by atoms with van der Waals surface area (Å²) in [5.41, 5.74) is 2.37. The lowest BCUT2D eigenvalue weighted by molar-refractivity contribution is -0.136. The fraction of sp³-hybridized carbons (Fsp3) is 0.176. The van der Waals surface area contributed by atoms with Gasteiger partial charge in [-0.15, -0.1) is 0 Å². The number of hydrogen-bond acceptors (Lipinski definition) is 3. The second-order valence-electron chi connectivity index (χ2n) is 4.93. The maximum absolute atomic E-state index is 12.7. The standard InChI is InChI=1S/C17H14O4/c1-2-11-10(9-15(18)19)7-8-14-16(11)17(20)12-5-3-4-6-13(12)21-14/h3-8H,2,9H2,1H3,(H,18,19). The molecule has 1 N–H and O–H groups in total. The molecule has 0 saturated carbocycles. The number of benzene rings is 2. The first-order valence-corrected chi connectivity index (χ1v) is 6.80. The van der Waals surface area contributed by atoms with Gasteiger partial charge in [-0.3, -0.25) is 9.59 Å². The van der Waals surface area contributed by atoms with Crippen molar-refractivity contribution in [3.05, 3.63) is 57.7 Å². The van der Waals surface area contributed by atoms with E-state index >= 15 is 0 Å².